The van der Waals surface area contributed by atoms with E-state index in [-0.39, 0.29) is 29.3 Å². The Morgan fingerprint density at radius 2 is 2.10 bits per heavy atom. The van der Waals surface area contributed by atoms with Gasteiger partial charge in [-0.25, -0.2) is 0 Å². The van der Waals surface area contributed by atoms with E-state index in [9.17, 15) is 9.59 Å². The molecule has 4 aliphatic rings. The number of hydrogen-bond donors (Lipinski definition) is 0. The number of ether oxygens (including phenoxy) is 2. The Morgan fingerprint density at radius 3 is 2.77 bits per heavy atom. The molecular formula is C24H30N2O4. The SMILES string of the molecule is C/C=C1\CN2CCC34c5cc(OC)ccc5N(C(C)=O)[C@H]3[C@H](COC(C)=O)[C@H]1C[C@H]24. The molecule has 6 heteroatoms. The molecule has 160 valence electrons. The molecule has 1 unspecified atom stereocenters. The summed E-state index contributed by atoms with van der Waals surface area (Å²) in [7, 11) is 1.69. The van der Waals surface area contributed by atoms with Crippen molar-refractivity contribution in [1.29, 1.82) is 0 Å². The fourth-order valence-corrected chi connectivity index (χ4v) is 7.03. The fraction of sp³-hybridized carbons (Fsp3) is 0.583. The van der Waals surface area contributed by atoms with Crippen LogP contribution in [0.5, 0.6) is 5.75 Å². The third-order valence-corrected chi connectivity index (χ3v) is 8.07. The molecule has 1 amide bonds. The number of methoxy groups -OCH3 is 1. The van der Waals surface area contributed by atoms with Gasteiger partial charge < -0.3 is 14.4 Å². The van der Waals surface area contributed by atoms with E-state index in [0.717, 1.165) is 37.4 Å². The molecule has 3 fully saturated rings. The van der Waals surface area contributed by atoms with Gasteiger partial charge in [-0.3, -0.25) is 14.5 Å². The van der Waals surface area contributed by atoms with Crippen molar-refractivity contribution in [3.05, 3.63) is 35.4 Å². The summed E-state index contributed by atoms with van der Waals surface area (Å²) in [6.45, 7) is 7.57. The second-order valence-electron chi connectivity index (χ2n) is 9.17. The molecular weight excluding hydrogens is 380 g/mol. The normalized spacial score (nSPS) is 35.2. The minimum absolute atomic E-state index is 0.0135. The van der Waals surface area contributed by atoms with Crippen molar-refractivity contribution < 1.29 is 19.1 Å². The molecule has 1 saturated carbocycles. The maximum atomic E-state index is 13.0. The maximum Gasteiger partial charge on any atom is 0.302 e. The van der Waals surface area contributed by atoms with Crippen molar-refractivity contribution in [2.45, 2.75) is 51.1 Å². The van der Waals surface area contributed by atoms with Crippen molar-refractivity contribution in [3.63, 3.8) is 0 Å². The van der Waals surface area contributed by atoms with Gasteiger partial charge in [0.2, 0.25) is 5.91 Å². The van der Waals surface area contributed by atoms with Gasteiger partial charge in [-0.15, -0.1) is 0 Å². The molecule has 0 radical (unpaired) electrons. The Labute approximate surface area is 177 Å². The third-order valence-electron chi connectivity index (χ3n) is 8.07. The summed E-state index contributed by atoms with van der Waals surface area (Å²) < 4.78 is 11.2. The fourth-order valence-electron chi connectivity index (χ4n) is 7.03. The zero-order valence-corrected chi connectivity index (χ0v) is 18.2. The first-order chi connectivity index (χ1) is 14.4. The Hall–Kier alpha value is -2.34. The van der Waals surface area contributed by atoms with Gasteiger partial charge in [0.05, 0.1) is 19.8 Å². The van der Waals surface area contributed by atoms with Crippen LogP contribution in [0.25, 0.3) is 0 Å². The van der Waals surface area contributed by atoms with Crippen molar-refractivity contribution in [3.8, 4) is 5.75 Å². The van der Waals surface area contributed by atoms with E-state index in [0.29, 0.717) is 18.6 Å². The van der Waals surface area contributed by atoms with E-state index in [1.165, 1.54) is 18.1 Å². The number of piperidine rings is 1. The number of rotatable bonds is 3. The van der Waals surface area contributed by atoms with Crippen LogP contribution < -0.4 is 9.64 Å². The second-order valence-corrected chi connectivity index (χ2v) is 9.17. The first-order valence-corrected chi connectivity index (χ1v) is 10.9. The molecule has 30 heavy (non-hydrogen) atoms. The lowest BCUT2D eigenvalue weighted by Gasteiger charge is -2.56. The van der Waals surface area contributed by atoms with Crippen molar-refractivity contribution >= 4 is 17.6 Å². The van der Waals surface area contributed by atoms with Crippen LogP contribution in [0.2, 0.25) is 0 Å². The Kier molecular flexibility index (Phi) is 4.47. The highest BCUT2D eigenvalue weighted by molar-refractivity contribution is 5.96. The van der Waals surface area contributed by atoms with Crippen LogP contribution in [0.15, 0.2) is 29.8 Å². The molecule has 5 rings (SSSR count). The van der Waals surface area contributed by atoms with Crippen molar-refractivity contribution in [1.82, 2.24) is 4.90 Å². The summed E-state index contributed by atoms with van der Waals surface area (Å²) in [5.41, 5.74) is 3.49. The first-order valence-electron chi connectivity index (χ1n) is 10.9. The zero-order chi connectivity index (χ0) is 21.2. The van der Waals surface area contributed by atoms with E-state index in [1.807, 2.05) is 17.0 Å². The Balaban J connectivity index is 1.72. The van der Waals surface area contributed by atoms with Gasteiger partial charge in [0.15, 0.2) is 0 Å². The first kappa shape index (κ1) is 19.6. The molecule has 0 aromatic heterocycles. The van der Waals surface area contributed by atoms with Gasteiger partial charge in [-0.2, -0.15) is 0 Å². The number of nitrogens with zero attached hydrogens (tertiary/aromatic N) is 2. The average Bonchev–Trinajstić information content (AvgIpc) is 3.26. The van der Waals surface area contributed by atoms with Crippen LogP contribution in [0.3, 0.4) is 0 Å². The number of esters is 1. The lowest BCUT2D eigenvalue weighted by molar-refractivity contribution is -0.144. The lowest BCUT2D eigenvalue weighted by atomic mass is 9.55. The van der Waals surface area contributed by atoms with Gasteiger partial charge >= 0.3 is 5.97 Å². The molecule has 6 nitrogen and oxygen atoms in total. The molecule has 3 aliphatic heterocycles. The summed E-state index contributed by atoms with van der Waals surface area (Å²) >= 11 is 0. The quantitative estimate of drug-likeness (QED) is 0.567. The predicted octanol–water partition coefficient (Wildman–Crippen LogP) is 2.90. The molecule has 0 N–H and O–H groups in total. The van der Waals surface area contributed by atoms with E-state index in [1.54, 1.807) is 14.0 Å². The standard InChI is InChI=1S/C24H30N2O4/c1-5-16-12-25-9-8-24-20-10-17(29-4)6-7-21(20)26(14(2)27)23(24)19(13-30-15(3)28)18(16)11-22(24)25/h5-7,10,18-19,22-23H,8-9,11-13H2,1-4H3/b16-5+/t18-,19+,22-,23-,24?/m0/s1. The van der Waals surface area contributed by atoms with Crippen LogP contribution in [0, 0.1) is 11.8 Å². The van der Waals surface area contributed by atoms with Gasteiger partial charge in [0.1, 0.15) is 5.75 Å². The Morgan fingerprint density at radius 1 is 1.30 bits per heavy atom. The van der Waals surface area contributed by atoms with Gasteiger partial charge in [0.25, 0.3) is 0 Å². The van der Waals surface area contributed by atoms with Crippen molar-refractivity contribution in [2.24, 2.45) is 11.8 Å². The summed E-state index contributed by atoms with van der Waals surface area (Å²) in [6.07, 6.45) is 4.28. The monoisotopic (exact) mass is 410 g/mol. The highest BCUT2D eigenvalue weighted by Gasteiger charge is 2.68. The molecule has 5 atom stereocenters. The number of allylic oxidation sites excluding steroid dienone is 1. The highest BCUT2D eigenvalue weighted by Crippen LogP contribution is 2.63. The number of fused-ring (bicyclic) bond motifs is 2. The maximum absolute atomic E-state index is 13.0. The van der Waals surface area contributed by atoms with Gasteiger partial charge in [-0.1, -0.05) is 11.6 Å². The van der Waals surface area contributed by atoms with Gasteiger partial charge in [-0.05, 0) is 56.0 Å². The van der Waals surface area contributed by atoms with E-state index in [2.05, 4.69) is 24.0 Å². The minimum atomic E-state index is -0.261. The predicted molar refractivity (Wildman–Crippen MR) is 114 cm³/mol. The molecule has 2 saturated heterocycles. The van der Waals surface area contributed by atoms with Crippen LogP contribution >= 0.6 is 0 Å². The van der Waals surface area contributed by atoms with Crippen LogP contribution in [-0.2, 0) is 19.7 Å². The minimum Gasteiger partial charge on any atom is -0.497 e. The second kappa shape index (κ2) is 6.84. The summed E-state index contributed by atoms with van der Waals surface area (Å²) in [4.78, 5) is 29.3. The smallest absolute Gasteiger partial charge is 0.302 e. The van der Waals surface area contributed by atoms with Crippen LogP contribution in [0.4, 0.5) is 5.69 Å². The Bertz CT molecular complexity index is 941. The summed E-state index contributed by atoms with van der Waals surface area (Å²) in [5, 5.41) is 0. The topological polar surface area (TPSA) is 59.1 Å². The third kappa shape index (κ3) is 2.46. The summed E-state index contributed by atoms with van der Waals surface area (Å²) in [5.74, 6) is 1.03. The number of amides is 1. The largest absolute Gasteiger partial charge is 0.497 e. The van der Waals surface area contributed by atoms with Crippen LogP contribution in [0.1, 0.15) is 39.2 Å². The number of carbonyl (C=O) groups excluding carboxylic acids is 2. The average molecular weight is 411 g/mol. The molecule has 1 aliphatic carbocycles. The van der Waals surface area contributed by atoms with Crippen LogP contribution in [-0.4, -0.2) is 55.7 Å². The van der Waals surface area contributed by atoms with Gasteiger partial charge in [0, 0.05) is 43.5 Å². The number of anilines is 1. The molecule has 1 aromatic rings. The number of hydrogen-bond acceptors (Lipinski definition) is 5. The molecule has 1 spiro atoms. The number of carbonyl (C=O) groups is 2. The van der Waals surface area contributed by atoms with E-state index < -0.39 is 0 Å². The van der Waals surface area contributed by atoms with E-state index in [4.69, 9.17) is 9.47 Å². The molecule has 3 heterocycles. The number of benzene rings is 1. The molecule has 1 aromatic carbocycles. The molecule has 2 bridgehead atoms. The summed E-state index contributed by atoms with van der Waals surface area (Å²) in [6, 6.07) is 6.50. The highest BCUT2D eigenvalue weighted by atomic mass is 16.5. The lowest BCUT2D eigenvalue weighted by Crippen LogP contribution is -2.65. The zero-order valence-electron chi connectivity index (χ0n) is 18.2. The van der Waals surface area contributed by atoms with Crippen molar-refractivity contribution in [2.75, 3.05) is 31.7 Å². The van der Waals surface area contributed by atoms with E-state index >= 15 is 0 Å².